The van der Waals surface area contributed by atoms with Crippen LogP contribution in [0.25, 0.3) is 28.4 Å². The molecule has 0 unspecified atom stereocenters. The summed E-state index contributed by atoms with van der Waals surface area (Å²) in [6, 6.07) is 22.3. The zero-order valence-electron chi connectivity index (χ0n) is 17.2. The number of hydrogen-bond acceptors (Lipinski definition) is 6. The lowest BCUT2D eigenvalue weighted by atomic mass is 10.1. The van der Waals surface area contributed by atoms with Crippen LogP contribution in [0.5, 0.6) is 5.75 Å². The Morgan fingerprint density at radius 2 is 1.82 bits per heavy atom. The van der Waals surface area contributed by atoms with E-state index in [1.54, 1.807) is 41.0 Å². The van der Waals surface area contributed by atoms with Gasteiger partial charge in [0.1, 0.15) is 5.69 Å². The van der Waals surface area contributed by atoms with Gasteiger partial charge >= 0.3 is 0 Å². The van der Waals surface area contributed by atoms with Gasteiger partial charge in [0.2, 0.25) is 5.82 Å². The molecular formula is C24H17FN6O2. The quantitative estimate of drug-likeness (QED) is 0.429. The Labute approximate surface area is 187 Å². The van der Waals surface area contributed by atoms with Crippen molar-refractivity contribution >= 4 is 17.2 Å². The van der Waals surface area contributed by atoms with Gasteiger partial charge in [0, 0.05) is 17.4 Å². The Bertz CT molecular complexity index is 1440. The summed E-state index contributed by atoms with van der Waals surface area (Å²) in [5.74, 6) is -0.373. The van der Waals surface area contributed by atoms with E-state index in [0.29, 0.717) is 28.5 Å². The van der Waals surface area contributed by atoms with Gasteiger partial charge in [-0.05, 0) is 48.5 Å². The number of para-hydroxylation sites is 1. The highest BCUT2D eigenvalue weighted by Gasteiger charge is 2.12. The minimum Gasteiger partial charge on any atom is -0.481 e. The summed E-state index contributed by atoms with van der Waals surface area (Å²) >= 11 is 0. The molecule has 0 fully saturated rings. The van der Waals surface area contributed by atoms with Gasteiger partial charge in [0.25, 0.3) is 5.91 Å². The third-order valence-corrected chi connectivity index (χ3v) is 4.79. The van der Waals surface area contributed by atoms with Crippen molar-refractivity contribution < 1.29 is 13.9 Å². The molecule has 3 heterocycles. The molecule has 5 rings (SSSR count). The Balaban J connectivity index is 1.35. The lowest BCUT2D eigenvalue weighted by Crippen LogP contribution is -2.20. The fourth-order valence-corrected chi connectivity index (χ4v) is 3.26. The average molecular weight is 440 g/mol. The van der Waals surface area contributed by atoms with Crippen LogP contribution in [0.2, 0.25) is 0 Å². The summed E-state index contributed by atoms with van der Waals surface area (Å²) in [5, 5.41) is 15.8. The van der Waals surface area contributed by atoms with Crippen LogP contribution in [-0.2, 0) is 4.79 Å². The number of fused-ring (bicyclic) bond motifs is 1. The van der Waals surface area contributed by atoms with Crippen molar-refractivity contribution in [1.82, 2.24) is 24.8 Å². The van der Waals surface area contributed by atoms with Crippen LogP contribution in [0, 0.1) is 5.82 Å². The third kappa shape index (κ3) is 4.38. The molecule has 2 aromatic carbocycles. The van der Waals surface area contributed by atoms with Gasteiger partial charge < -0.3 is 10.1 Å². The SMILES string of the molecule is O=C(COc1ccccc1F)Nc1cccc(-c2ccc3nnc(-c4ccccn4)n3n2)c1. The maximum atomic E-state index is 13.7. The molecule has 8 nitrogen and oxygen atoms in total. The van der Waals surface area contributed by atoms with Gasteiger partial charge in [-0.1, -0.05) is 30.3 Å². The smallest absolute Gasteiger partial charge is 0.262 e. The zero-order valence-corrected chi connectivity index (χ0v) is 17.2. The number of anilines is 1. The second-order valence-corrected chi connectivity index (χ2v) is 7.08. The van der Waals surface area contributed by atoms with Crippen LogP contribution < -0.4 is 10.1 Å². The van der Waals surface area contributed by atoms with Crippen molar-refractivity contribution in [3.8, 4) is 28.5 Å². The van der Waals surface area contributed by atoms with Gasteiger partial charge in [0.15, 0.2) is 23.8 Å². The maximum Gasteiger partial charge on any atom is 0.262 e. The topological polar surface area (TPSA) is 94.3 Å². The second kappa shape index (κ2) is 8.83. The van der Waals surface area contributed by atoms with E-state index in [1.165, 1.54) is 12.1 Å². The fourth-order valence-electron chi connectivity index (χ4n) is 3.26. The molecule has 5 aromatic rings. The van der Waals surface area contributed by atoms with Gasteiger partial charge in [-0.2, -0.15) is 9.61 Å². The molecule has 3 aromatic heterocycles. The summed E-state index contributed by atoms with van der Waals surface area (Å²) in [6.07, 6.45) is 1.68. The molecule has 0 atom stereocenters. The fraction of sp³-hybridized carbons (Fsp3) is 0.0417. The van der Waals surface area contributed by atoms with Crippen LogP contribution in [0.3, 0.4) is 0 Å². The molecule has 33 heavy (non-hydrogen) atoms. The van der Waals surface area contributed by atoms with E-state index >= 15 is 0 Å². The number of nitrogens with zero attached hydrogens (tertiary/aromatic N) is 5. The lowest BCUT2D eigenvalue weighted by Gasteiger charge is -2.09. The first kappa shape index (κ1) is 20.3. The first-order chi connectivity index (χ1) is 16.2. The van der Waals surface area contributed by atoms with Crippen molar-refractivity contribution in [2.75, 3.05) is 11.9 Å². The zero-order chi connectivity index (χ0) is 22.6. The van der Waals surface area contributed by atoms with Gasteiger partial charge in [-0.15, -0.1) is 10.2 Å². The van der Waals surface area contributed by atoms with Crippen LogP contribution in [-0.4, -0.2) is 37.3 Å². The monoisotopic (exact) mass is 440 g/mol. The maximum absolute atomic E-state index is 13.7. The Morgan fingerprint density at radius 3 is 2.67 bits per heavy atom. The number of amides is 1. The first-order valence-electron chi connectivity index (χ1n) is 10.1. The predicted octanol–water partition coefficient (Wildman–Crippen LogP) is 4.01. The van der Waals surface area contributed by atoms with Crippen molar-refractivity contribution in [3.63, 3.8) is 0 Å². The number of hydrogen-bond donors (Lipinski definition) is 1. The summed E-state index contributed by atoms with van der Waals surface area (Å²) in [4.78, 5) is 16.6. The molecule has 0 aliphatic heterocycles. The molecule has 0 aliphatic rings. The van der Waals surface area contributed by atoms with Gasteiger partial charge in [-0.3, -0.25) is 9.78 Å². The van der Waals surface area contributed by atoms with Gasteiger partial charge in [0.05, 0.1) is 5.69 Å². The minimum atomic E-state index is -0.521. The summed E-state index contributed by atoms with van der Waals surface area (Å²) in [6.45, 7) is -0.316. The minimum absolute atomic E-state index is 0.0246. The number of carbonyl (C=O) groups is 1. The first-order valence-corrected chi connectivity index (χ1v) is 10.1. The summed E-state index contributed by atoms with van der Waals surface area (Å²) < 4.78 is 20.5. The van der Waals surface area contributed by atoms with E-state index in [1.807, 2.05) is 36.4 Å². The Morgan fingerprint density at radius 1 is 0.939 bits per heavy atom. The van der Waals surface area contributed by atoms with Crippen LogP contribution in [0.1, 0.15) is 0 Å². The number of benzene rings is 2. The number of aromatic nitrogens is 5. The van der Waals surface area contributed by atoms with Crippen molar-refractivity contribution in [3.05, 3.63) is 90.9 Å². The lowest BCUT2D eigenvalue weighted by molar-refractivity contribution is -0.118. The van der Waals surface area contributed by atoms with Crippen molar-refractivity contribution in [2.24, 2.45) is 0 Å². The van der Waals surface area contributed by atoms with E-state index < -0.39 is 11.7 Å². The Kier molecular flexibility index (Phi) is 5.42. The number of carbonyl (C=O) groups excluding carboxylic acids is 1. The van der Waals surface area contributed by atoms with E-state index in [4.69, 9.17) is 4.74 Å². The van der Waals surface area contributed by atoms with Crippen LogP contribution >= 0.6 is 0 Å². The highest BCUT2D eigenvalue weighted by atomic mass is 19.1. The molecule has 0 bridgehead atoms. The molecule has 1 amide bonds. The third-order valence-electron chi connectivity index (χ3n) is 4.79. The highest BCUT2D eigenvalue weighted by Crippen LogP contribution is 2.23. The molecule has 9 heteroatoms. The van der Waals surface area contributed by atoms with E-state index in [9.17, 15) is 9.18 Å². The number of halogens is 1. The number of pyridine rings is 1. The summed E-state index contributed by atoms with van der Waals surface area (Å²) in [5.41, 5.74) is 3.26. The molecule has 0 radical (unpaired) electrons. The second-order valence-electron chi connectivity index (χ2n) is 7.08. The standard InChI is InChI=1S/C24H17FN6O2/c25-18-8-1-2-10-21(18)33-15-23(32)27-17-7-5-6-16(14-17)19-11-12-22-28-29-24(31(22)30-19)20-9-3-4-13-26-20/h1-14H,15H2,(H,27,32). The van der Waals surface area contributed by atoms with E-state index in [-0.39, 0.29) is 12.4 Å². The molecule has 0 spiro atoms. The van der Waals surface area contributed by atoms with Crippen molar-refractivity contribution in [2.45, 2.75) is 0 Å². The molecule has 1 N–H and O–H groups in total. The summed E-state index contributed by atoms with van der Waals surface area (Å²) in [7, 11) is 0. The largest absolute Gasteiger partial charge is 0.481 e. The number of nitrogens with one attached hydrogen (secondary N) is 1. The Hall–Kier alpha value is -4.66. The van der Waals surface area contributed by atoms with E-state index in [2.05, 4.69) is 25.6 Å². The predicted molar refractivity (Wildman–Crippen MR) is 120 cm³/mol. The van der Waals surface area contributed by atoms with E-state index in [0.717, 1.165) is 5.56 Å². The molecule has 0 saturated heterocycles. The molecule has 162 valence electrons. The van der Waals surface area contributed by atoms with Crippen molar-refractivity contribution in [1.29, 1.82) is 0 Å². The number of rotatable bonds is 6. The number of ether oxygens (including phenoxy) is 1. The van der Waals surface area contributed by atoms with Crippen LogP contribution in [0.15, 0.2) is 85.1 Å². The average Bonchev–Trinajstić information content (AvgIpc) is 3.28. The van der Waals surface area contributed by atoms with Gasteiger partial charge in [-0.25, -0.2) is 4.39 Å². The molecule has 0 aliphatic carbocycles. The highest BCUT2D eigenvalue weighted by molar-refractivity contribution is 5.92. The molecule has 0 saturated carbocycles. The molecular weight excluding hydrogens is 423 g/mol. The normalized spacial score (nSPS) is 10.8. The van der Waals surface area contributed by atoms with Crippen LogP contribution in [0.4, 0.5) is 10.1 Å².